The maximum atomic E-state index is 11.3. The van der Waals surface area contributed by atoms with E-state index < -0.39 is 0 Å². The highest BCUT2D eigenvalue weighted by molar-refractivity contribution is 5.70. The summed E-state index contributed by atoms with van der Waals surface area (Å²) in [5.74, 6) is -0.503. The predicted molar refractivity (Wildman–Crippen MR) is 79.7 cm³/mol. The number of esters is 2. The minimum Gasteiger partial charge on any atom is -0.469 e. The van der Waals surface area contributed by atoms with Crippen LogP contribution in [0.15, 0.2) is 30.3 Å². The van der Waals surface area contributed by atoms with Crippen LogP contribution in [0.5, 0.6) is 0 Å². The molecule has 0 bridgehead atoms. The molecule has 1 rings (SSSR count). The fraction of sp³-hybridized carbons (Fsp3) is 0.500. The van der Waals surface area contributed by atoms with E-state index in [1.54, 1.807) is 0 Å². The number of ether oxygens (including phenoxy) is 2. The average molecular weight is 293 g/mol. The lowest BCUT2D eigenvalue weighted by atomic mass is 10.1. The minimum absolute atomic E-state index is 0.112. The van der Waals surface area contributed by atoms with Gasteiger partial charge in [-0.3, -0.25) is 14.5 Å². The summed E-state index contributed by atoms with van der Waals surface area (Å²) < 4.78 is 9.35. The van der Waals surface area contributed by atoms with Gasteiger partial charge in [0.1, 0.15) is 0 Å². The van der Waals surface area contributed by atoms with E-state index in [4.69, 9.17) is 0 Å². The van der Waals surface area contributed by atoms with Crippen molar-refractivity contribution in [1.82, 2.24) is 4.90 Å². The third-order valence-corrected chi connectivity index (χ3v) is 3.49. The molecule has 0 aliphatic carbocycles. The first-order chi connectivity index (χ1) is 10.1. The van der Waals surface area contributed by atoms with Gasteiger partial charge in [0.05, 0.1) is 27.1 Å². The highest BCUT2D eigenvalue weighted by Gasteiger charge is 2.18. The Morgan fingerprint density at radius 1 is 1.00 bits per heavy atom. The van der Waals surface area contributed by atoms with Crippen LogP contribution in [0.3, 0.4) is 0 Å². The largest absolute Gasteiger partial charge is 0.469 e. The first kappa shape index (κ1) is 17.2. The molecule has 0 N–H and O–H groups in total. The second kappa shape index (κ2) is 9.13. The molecule has 0 aliphatic heterocycles. The molecule has 1 aromatic carbocycles. The van der Waals surface area contributed by atoms with Crippen LogP contribution in [0.25, 0.3) is 0 Å². The molecule has 1 aromatic rings. The van der Waals surface area contributed by atoms with E-state index in [0.717, 1.165) is 5.56 Å². The number of benzene rings is 1. The first-order valence-corrected chi connectivity index (χ1v) is 7.01. The maximum absolute atomic E-state index is 11.3. The van der Waals surface area contributed by atoms with Crippen LogP contribution in [0.1, 0.15) is 31.4 Å². The number of hydrogen-bond acceptors (Lipinski definition) is 5. The maximum Gasteiger partial charge on any atom is 0.306 e. The zero-order chi connectivity index (χ0) is 15.7. The summed E-state index contributed by atoms with van der Waals surface area (Å²) in [5.41, 5.74) is 1.15. The molecule has 0 saturated carbocycles. The highest BCUT2D eigenvalue weighted by atomic mass is 16.5. The average Bonchev–Trinajstić information content (AvgIpc) is 2.54. The van der Waals surface area contributed by atoms with E-state index >= 15 is 0 Å². The van der Waals surface area contributed by atoms with Crippen LogP contribution in [0.4, 0.5) is 0 Å². The van der Waals surface area contributed by atoms with Gasteiger partial charge in [-0.15, -0.1) is 0 Å². The van der Waals surface area contributed by atoms with Crippen LogP contribution in [-0.2, 0) is 19.1 Å². The van der Waals surface area contributed by atoms with Crippen molar-refractivity contribution in [1.29, 1.82) is 0 Å². The number of hydrogen-bond donors (Lipinski definition) is 0. The second-order valence-corrected chi connectivity index (χ2v) is 4.77. The summed E-state index contributed by atoms with van der Waals surface area (Å²) in [6, 6.07) is 10.1. The van der Waals surface area contributed by atoms with E-state index in [-0.39, 0.29) is 18.0 Å². The lowest BCUT2D eigenvalue weighted by Crippen LogP contribution is -2.32. The van der Waals surface area contributed by atoms with Crippen LogP contribution >= 0.6 is 0 Å². The van der Waals surface area contributed by atoms with E-state index in [2.05, 4.69) is 21.3 Å². The number of carbonyl (C=O) groups excluding carboxylic acids is 2. The Morgan fingerprint density at radius 2 is 1.48 bits per heavy atom. The minimum atomic E-state index is -0.252. The summed E-state index contributed by atoms with van der Waals surface area (Å²) in [6.45, 7) is 3.14. The SMILES string of the molecule is COC(=O)CCN(CCC(=O)OC)C(C)c1ccccc1. The van der Waals surface area contributed by atoms with Gasteiger partial charge in [-0.05, 0) is 12.5 Å². The molecule has 0 heterocycles. The Morgan fingerprint density at radius 3 is 1.90 bits per heavy atom. The molecular weight excluding hydrogens is 270 g/mol. The Kier molecular flexibility index (Phi) is 7.46. The number of carbonyl (C=O) groups is 2. The fourth-order valence-corrected chi connectivity index (χ4v) is 2.12. The van der Waals surface area contributed by atoms with Crippen molar-refractivity contribution >= 4 is 11.9 Å². The third kappa shape index (κ3) is 5.95. The van der Waals surface area contributed by atoms with Crippen LogP contribution in [-0.4, -0.2) is 44.1 Å². The summed E-state index contributed by atoms with van der Waals surface area (Å²) >= 11 is 0. The van der Waals surface area contributed by atoms with Crippen molar-refractivity contribution in [3.63, 3.8) is 0 Å². The smallest absolute Gasteiger partial charge is 0.306 e. The summed E-state index contributed by atoms with van der Waals surface area (Å²) in [4.78, 5) is 24.7. The van der Waals surface area contributed by atoms with E-state index in [0.29, 0.717) is 25.9 Å². The first-order valence-electron chi connectivity index (χ1n) is 7.01. The van der Waals surface area contributed by atoms with Gasteiger partial charge >= 0.3 is 11.9 Å². The van der Waals surface area contributed by atoms with Crippen molar-refractivity contribution in [2.45, 2.75) is 25.8 Å². The van der Waals surface area contributed by atoms with Crippen molar-refractivity contribution in [2.24, 2.45) is 0 Å². The Bertz CT molecular complexity index is 427. The quantitative estimate of drug-likeness (QED) is 0.688. The molecule has 5 heteroatoms. The van der Waals surface area contributed by atoms with Crippen LogP contribution in [0, 0.1) is 0 Å². The zero-order valence-corrected chi connectivity index (χ0v) is 12.9. The second-order valence-electron chi connectivity index (χ2n) is 4.77. The third-order valence-electron chi connectivity index (χ3n) is 3.49. The van der Waals surface area contributed by atoms with Crippen LogP contribution < -0.4 is 0 Å². The Balaban J connectivity index is 2.69. The molecule has 116 valence electrons. The predicted octanol–water partition coefficient (Wildman–Crippen LogP) is 2.18. The lowest BCUT2D eigenvalue weighted by Gasteiger charge is -2.28. The topological polar surface area (TPSA) is 55.8 Å². The van der Waals surface area contributed by atoms with Gasteiger partial charge in [-0.25, -0.2) is 0 Å². The lowest BCUT2D eigenvalue weighted by molar-refractivity contribution is -0.141. The van der Waals surface area contributed by atoms with Gasteiger partial charge in [-0.1, -0.05) is 30.3 Å². The molecule has 0 fully saturated rings. The van der Waals surface area contributed by atoms with Gasteiger partial charge < -0.3 is 9.47 Å². The van der Waals surface area contributed by atoms with Crippen molar-refractivity contribution < 1.29 is 19.1 Å². The van der Waals surface area contributed by atoms with Gasteiger partial charge in [0.15, 0.2) is 0 Å². The fourth-order valence-electron chi connectivity index (χ4n) is 2.12. The van der Waals surface area contributed by atoms with Crippen LogP contribution in [0.2, 0.25) is 0 Å². The molecule has 0 aliphatic rings. The normalized spacial score (nSPS) is 12.0. The monoisotopic (exact) mass is 293 g/mol. The molecule has 1 unspecified atom stereocenters. The van der Waals surface area contributed by atoms with Crippen molar-refractivity contribution in [3.05, 3.63) is 35.9 Å². The van der Waals surface area contributed by atoms with Crippen molar-refractivity contribution in [2.75, 3.05) is 27.3 Å². The number of nitrogens with zero attached hydrogens (tertiary/aromatic N) is 1. The molecule has 1 atom stereocenters. The zero-order valence-electron chi connectivity index (χ0n) is 12.9. The number of methoxy groups -OCH3 is 2. The molecule has 0 aromatic heterocycles. The van der Waals surface area contributed by atoms with Gasteiger partial charge in [-0.2, -0.15) is 0 Å². The van der Waals surface area contributed by atoms with Crippen molar-refractivity contribution in [3.8, 4) is 0 Å². The summed E-state index contributed by atoms with van der Waals surface area (Å²) in [5, 5.41) is 0. The molecule has 0 amide bonds. The summed E-state index contributed by atoms with van der Waals surface area (Å²) in [7, 11) is 2.75. The van der Waals surface area contributed by atoms with Gasteiger partial charge in [0.25, 0.3) is 0 Å². The molecular formula is C16H23NO4. The highest BCUT2D eigenvalue weighted by Crippen LogP contribution is 2.20. The molecule has 0 saturated heterocycles. The standard InChI is InChI=1S/C16H23NO4/c1-13(14-7-5-4-6-8-14)17(11-9-15(18)20-2)12-10-16(19)21-3/h4-8,13H,9-12H2,1-3H3. The number of rotatable bonds is 8. The Hall–Kier alpha value is -1.88. The molecule has 5 nitrogen and oxygen atoms in total. The van der Waals surface area contributed by atoms with Gasteiger partial charge in [0.2, 0.25) is 0 Å². The summed E-state index contributed by atoms with van der Waals surface area (Å²) in [6.07, 6.45) is 0.601. The Labute approximate surface area is 125 Å². The van der Waals surface area contributed by atoms with E-state index in [9.17, 15) is 9.59 Å². The van der Waals surface area contributed by atoms with E-state index in [1.165, 1.54) is 14.2 Å². The molecule has 21 heavy (non-hydrogen) atoms. The van der Waals surface area contributed by atoms with E-state index in [1.807, 2.05) is 30.3 Å². The molecule has 0 radical (unpaired) electrons. The molecule has 0 spiro atoms. The van der Waals surface area contributed by atoms with Gasteiger partial charge in [0, 0.05) is 19.1 Å².